The molecule has 0 atom stereocenters. The van der Waals surface area contributed by atoms with Crippen molar-refractivity contribution in [3.05, 3.63) is 40.7 Å². The molecule has 0 radical (unpaired) electrons. The van der Waals surface area contributed by atoms with Crippen LogP contribution in [0.2, 0.25) is 0 Å². The lowest BCUT2D eigenvalue weighted by Crippen LogP contribution is -1.93. The lowest BCUT2D eigenvalue weighted by atomic mass is 9.99. The van der Waals surface area contributed by atoms with Gasteiger partial charge in [0, 0.05) is 18.3 Å². The number of fused-ring (bicyclic) bond motifs is 1. The highest BCUT2D eigenvalue weighted by atomic mass is 15.3. The SMILES string of the molecule is Cc1nn(C)c(C)c1-c1ccc2c(c1)CCC2. The van der Waals surface area contributed by atoms with E-state index in [1.54, 1.807) is 0 Å². The minimum absolute atomic E-state index is 1.13. The van der Waals surface area contributed by atoms with Crippen molar-refractivity contribution in [1.29, 1.82) is 0 Å². The van der Waals surface area contributed by atoms with Crippen LogP contribution in [0.3, 0.4) is 0 Å². The maximum Gasteiger partial charge on any atom is 0.0674 e. The van der Waals surface area contributed by atoms with Crippen molar-refractivity contribution in [2.24, 2.45) is 7.05 Å². The molecule has 0 saturated carbocycles. The van der Waals surface area contributed by atoms with E-state index in [2.05, 4.69) is 37.1 Å². The van der Waals surface area contributed by atoms with Crippen LogP contribution in [0.4, 0.5) is 0 Å². The fraction of sp³-hybridized carbons (Fsp3) is 0.400. The molecule has 1 heterocycles. The van der Waals surface area contributed by atoms with Crippen molar-refractivity contribution in [3.8, 4) is 11.1 Å². The van der Waals surface area contributed by atoms with Gasteiger partial charge in [-0.05, 0) is 49.8 Å². The van der Waals surface area contributed by atoms with Crippen LogP contribution in [0, 0.1) is 13.8 Å². The van der Waals surface area contributed by atoms with Crippen LogP contribution in [0.25, 0.3) is 11.1 Å². The van der Waals surface area contributed by atoms with E-state index >= 15 is 0 Å². The number of nitrogens with zero attached hydrogens (tertiary/aromatic N) is 2. The Morgan fingerprint density at radius 3 is 2.59 bits per heavy atom. The molecule has 2 heteroatoms. The van der Waals surface area contributed by atoms with Crippen LogP contribution < -0.4 is 0 Å². The lowest BCUT2D eigenvalue weighted by molar-refractivity contribution is 0.731. The smallest absolute Gasteiger partial charge is 0.0674 e. The second-order valence-corrected chi connectivity index (χ2v) is 5.01. The Hall–Kier alpha value is -1.57. The van der Waals surface area contributed by atoms with Crippen LogP contribution >= 0.6 is 0 Å². The zero-order valence-corrected chi connectivity index (χ0v) is 10.7. The number of hydrogen-bond donors (Lipinski definition) is 0. The molecule has 0 N–H and O–H groups in total. The van der Waals surface area contributed by atoms with Crippen LogP contribution in [0.5, 0.6) is 0 Å². The first-order chi connectivity index (χ1) is 8.16. The van der Waals surface area contributed by atoms with Gasteiger partial charge in [-0.15, -0.1) is 0 Å². The third-order valence-electron chi connectivity index (χ3n) is 3.90. The largest absolute Gasteiger partial charge is 0.272 e. The second-order valence-electron chi connectivity index (χ2n) is 5.01. The summed E-state index contributed by atoms with van der Waals surface area (Å²) in [7, 11) is 2.01. The van der Waals surface area contributed by atoms with Crippen molar-refractivity contribution >= 4 is 0 Å². The van der Waals surface area contributed by atoms with Gasteiger partial charge in [-0.25, -0.2) is 0 Å². The minimum atomic E-state index is 1.13. The molecule has 0 saturated heterocycles. The van der Waals surface area contributed by atoms with E-state index in [4.69, 9.17) is 0 Å². The number of aromatic nitrogens is 2. The Morgan fingerprint density at radius 2 is 1.88 bits per heavy atom. The molecule has 0 unspecified atom stereocenters. The molecule has 1 aliphatic carbocycles. The average Bonchev–Trinajstić information content (AvgIpc) is 2.84. The van der Waals surface area contributed by atoms with Crippen LogP contribution in [-0.2, 0) is 19.9 Å². The van der Waals surface area contributed by atoms with Crippen molar-refractivity contribution < 1.29 is 0 Å². The molecular formula is C15H18N2. The fourth-order valence-electron chi connectivity index (χ4n) is 2.92. The first-order valence-electron chi connectivity index (χ1n) is 6.29. The van der Waals surface area contributed by atoms with Gasteiger partial charge in [0.2, 0.25) is 0 Å². The molecule has 88 valence electrons. The topological polar surface area (TPSA) is 17.8 Å². The van der Waals surface area contributed by atoms with Gasteiger partial charge in [0.15, 0.2) is 0 Å². The Bertz CT molecular complexity index is 579. The van der Waals surface area contributed by atoms with Crippen LogP contribution in [0.1, 0.15) is 28.9 Å². The summed E-state index contributed by atoms with van der Waals surface area (Å²) in [6, 6.07) is 6.91. The number of hydrogen-bond acceptors (Lipinski definition) is 1. The first kappa shape index (κ1) is 10.6. The molecule has 17 heavy (non-hydrogen) atoms. The molecule has 1 aromatic carbocycles. The quantitative estimate of drug-likeness (QED) is 0.730. The van der Waals surface area contributed by atoms with Crippen molar-refractivity contribution in [1.82, 2.24) is 9.78 Å². The molecule has 0 bridgehead atoms. The summed E-state index contributed by atoms with van der Waals surface area (Å²) < 4.78 is 1.97. The maximum absolute atomic E-state index is 4.50. The maximum atomic E-state index is 4.50. The first-order valence-corrected chi connectivity index (χ1v) is 6.29. The minimum Gasteiger partial charge on any atom is -0.272 e. The monoisotopic (exact) mass is 226 g/mol. The Morgan fingerprint density at radius 1 is 1.12 bits per heavy atom. The van der Waals surface area contributed by atoms with Crippen molar-refractivity contribution in [2.75, 3.05) is 0 Å². The average molecular weight is 226 g/mol. The third kappa shape index (κ3) is 1.59. The highest BCUT2D eigenvalue weighted by Crippen LogP contribution is 2.31. The highest BCUT2D eigenvalue weighted by molar-refractivity contribution is 5.69. The van der Waals surface area contributed by atoms with E-state index in [-0.39, 0.29) is 0 Å². The van der Waals surface area contributed by atoms with Crippen LogP contribution in [0.15, 0.2) is 18.2 Å². The molecule has 2 nitrogen and oxygen atoms in total. The van der Waals surface area contributed by atoms with E-state index in [1.165, 1.54) is 47.2 Å². The van der Waals surface area contributed by atoms with Gasteiger partial charge in [-0.3, -0.25) is 4.68 Å². The van der Waals surface area contributed by atoms with Crippen molar-refractivity contribution in [3.63, 3.8) is 0 Å². The van der Waals surface area contributed by atoms with E-state index in [1.807, 2.05) is 11.7 Å². The standard InChI is InChI=1S/C15H18N2/c1-10-15(11(2)17(3)16-10)14-8-7-12-5-4-6-13(12)9-14/h7-9H,4-6H2,1-3H3. The summed E-state index contributed by atoms with van der Waals surface area (Å²) >= 11 is 0. The van der Waals surface area contributed by atoms with Crippen LogP contribution in [-0.4, -0.2) is 9.78 Å². The summed E-state index contributed by atoms with van der Waals surface area (Å²) in [5.74, 6) is 0. The molecule has 1 aromatic heterocycles. The molecule has 2 aromatic rings. The fourth-order valence-corrected chi connectivity index (χ4v) is 2.92. The molecule has 3 rings (SSSR count). The summed E-state index contributed by atoms with van der Waals surface area (Å²) in [6.07, 6.45) is 3.80. The van der Waals surface area contributed by atoms with Crippen molar-refractivity contribution in [2.45, 2.75) is 33.1 Å². The van der Waals surface area contributed by atoms with E-state index in [9.17, 15) is 0 Å². The molecule has 0 spiro atoms. The molecule has 1 aliphatic rings. The predicted molar refractivity (Wildman–Crippen MR) is 70.1 cm³/mol. The van der Waals surface area contributed by atoms with Gasteiger partial charge < -0.3 is 0 Å². The van der Waals surface area contributed by atoms with E-state index in [0.29, 0.717) is 0 Å². The van der Waals surface area contributed by atoms with Gasteiger partial charge in [0.05, 0.1) is 5.69 Å². The normalized spacial score (nSPS) is 14.1. The number of rotatable bonds is 1. The molecular weight excluding hydrogens is 208 g/mol. The van der Waals surface area contributed by atoms with E-state index < -0.39 is 0 Å². The van der Waals surface area contributed by atoms with Gasteiger partial charge in [-0.1, -0.05) is 18.2 Å². The van der Waals surface area contributed by atoms with Gasteiger partial charge in [-0.2, -0.15) is 5.10 Å². The molecule has 0 amide bonds. The molecule has 0 fully saturated rings. The third-order valence-corrected chi connectivity index (χ3v) is 3.90. The number of aryl methyl sites for hydroxylation is 4. The second kappa shape index (κ2) is 3.73. The molecule has 0 aliphatic heterocycles. The Balaban J connectivity index is 2.15. The predicted octanol–water partition coefficient (Wildman–Crippen LogP) is 3.19. The zero-order chi connectivity index (χ0) is 12.0. The number of benzene rings is 1. The highest BCUT2D eigenvalue weighted by Gasteiger charge is 2.15. The summed E-state index contributed by atoms with van der Waals surface area (Å²) in [5, 5.41) is 4.50. The Kier molecular flexibility index (Phi) is 2.32. The Labute approximate surface area is 102 Å². The summed E-state index contributed by atoms with van der Waals surface area (Å²) in [5.41, 5.74) is 8.08. The van der Waals surface area contributed by atoms with Gasteiger partial charge in [0.25, 0.3) is 0 Å². The van der Waals surface area contributed by atoms with Gasteiger partial charge >= 0.3 is 0 Å². The summed E-state index contributed by atoms with van der Waals surface area (Å²) in [4.78, 5) is 0. The van der Waals surface area contributed by atoms with E-state index in [0.717, 1.165) is 5.69 Å². The van der Waals surface area contributed by atoms with Gasteiger partial charge in [0.1, 0.15) is 0 Å². The zero-order valence-electron chi connectivity index (χ0n) is 10.7. The lowest BCUT2D eigenvalue weighted by Gasteiger charge is -2.05. The summed E-state index contributed by atoms with van der Waals surface area (Å²) in [6.45, 7) is 4.23.